The maximum absolute atomic E-state index is 11.2. The second kappa shape index (κ2) is 8.30. The van der Waals surface area contributed by atoms with Gasteiger partial charge in [0.05, 0.1) is 12.7 Å². The Morgan fingerprint density at radius 3 is 2.78 bits per heavy atom. The van der Waals surface area contributed by atoms with Crippen LogP contribution < -0.4 is 0 Å². The first kappa shape index (κ1) is 15.2. The smallest absolute Gasteiger partial charge is 0.333 e. The number of carbonyl (C=O) groups is 1. The van der Waals surface area contributed by atoms with Crippen molar-refractivity contribution in [2.75, 3.05) is 13.7 Å². The highest BCUT2D eigenvalue weighted by Gasteiger charge is 2.21. The molecule has 1 fully saturated rings. The highest BCUT2D eigenvalue weighted by molar-refractivity contribution is 5.86. The van der Waals surface area contributed by atoms with Crippen LogP contribution in [0, 0.1) is 5.92 Å². The highest BCUT2D eigenvalue weighted by Crippen LogP contribution is 2.29. The van der Waals surface area contributed by atoms with E-state index in [0.717, 1.165) is 18.8 Å². The van der Waals surface area contributed by atoms with Gasteiger partial charge < -0.3 is 9.47 Å². The number of esters is 1. The Morgan fingerprint density at radius 1 is 1.33 bits per heavy atom. The van der Waals surface area contributed by atoms with E-state index < -0.39 is 0 Å². The third-order valence-corrected chi connectivity index (χ3v) is 3.66. The fourth-order valence-corrected chi connectivity index (χ4v) is 2.54. The molecular formula is C15H26O3. The van der Waals surface area contributed by atoms with Crippen LogP contribution in [0.25, 0.3) is 0 Å². The van der Waals surface area contributed by atoms with E-state index in [1.54, 1.807) is 6.92 Å². The summed E-state index contributed by atoms with van der Waals surface area (Å²) in [5.74, 6) is 0.521. The van der Waals surface area contributed by atoms with Gasteiger partial charge in [-0.15, -0.1) is 0 Å². The molecule has 0 heterocycles. The molecule has 0 aliphatic heterocycles. The molecule has 0 aromatic carbocycles. The molecule has 1 rings (SSSR count). The van der Waals surface area contributed by atoms with E-state index in [0.29, 0.717) is 18.3 Å². The summed E-state index contributed by atoms with van der Waals surface area (Å²) < 4.78 is 10.5. The van der Waals surface area contributed by atoms with Gasteiger partial charge in [0.15, 0.2) is 0 Å². The highest BCUT2D eigenvalue weighted by atomic mass is 16.5. The molecule has 0 spiro atoms. The molecule has 104 valence electrons. The molecule has 0 saturated heterocycles. The van der Waals surface area contributed by atoms with Crippen molar-refractivity contribution < 1.29 is 14.3 Å². The molecule has 3 heteroatoms. The topological polar surface area (TPSA) is 35.5 Å². The van der Waals surface area contributed by atoms with Gasteiger partial charge in [0, 0.05) is 12.7 Å². The number of ether oxygens (including phenoxy) is 2. The van der Waals surface area contributed by atoms with Gasteiger partial charge in [-0.1, -0.05) is 25.8 Å². The minimum Gasteiger partial charge on any atom is -0.462 e. The number of unbranched alkanes of at least 4 members (excludes halogenated alkanes) is 1. The molecule has 2 unspecified atom stereocenters. The second-order valence-electron chi connectivity index (χ2n) is 5.30. The average Bonchev–Trinajstić information content (AvgIpc) is 2.38. The number of methoxy groups -OCH3 is 1. The van der Waals surface area contributed by atoms with Crippen LogP contribution in [0.15, 0.2) is 12.2 Å². The van der Waals surface area contributed by atoms with Crippen LogP contribution in [-0.4, -0.2) is 25.8 Å². The van der Waals surface area contributed by atoms with Gasteiger partial charge in [-0.2, -0.15) is 0 Å². The Kier molecular flexibility index (Phi) is 7.02. The molecule has 1 aliphatic rings. The van der Waals surface area contributed by atoms with Crippen LogP contribution in [0.5, 0.6) is 0 Å². The lowest BCUT2D eigenvalue weighted by atomic mass is 9.84. The molecule has 18 heavy (non-hydrogen) atoms. The SMILES string of the molecule is C=C(C)C(=O)OCCCCC1CCCC(OC)C1. The van der Waals surface area contributed by atoms with Crippen LogP contribution in [0.2, 0.25) is 0 Å². The first-order valence-electron chi connectivity index (χ1n) is 6.99. The van der Waals surface area contributed by atoms with Crippen molar-refractivity contribution in [2.24, 2.45) is 5.92 Å². The van der Waals surface area contributed by atoms with E-state index >= 15 is 0 Å². The number of hydrogen-bond acceptors (Lipinski definition) is 3. The normalized spacial score (nSPS) is 23.7. The summed E-state index contributed by atoms with van der Waals surface area (Å²) >= 11 is 0. The van der Waals surface area contributed by atoms with Gasteiger partial charge >= 0.3 is 5.97 Å². The van der Waals surface area contributed by atoms with Crippen LogP contribution >= 0.6 is 0 Å². The van der Waals surface area contributed by atoms with Crippen molar-refractivity contribution >= 4 is 5.97 Å². The Labute approximate surface area is 111 Å². The van der Waals surface area contributed by atoms with E-state index in [1.165, 1.54) is 32.1 Å². The molecule has 1 saturated carbocycles. The summed E-state index contributed by atoms with van der Waals surface area (Å²) in [4.78, 5) is 11.2. The van der Waals surface area contributed by atoms with Crippen LogP contribution in [0.1, 0.15) is 51.9 Å². The monoisotopic (exact) mass is 254 g/mol. The zero-order chi connectivity index (χ0) is 13.4. The van der Waals surface area contributed by atoms with Crippen molar-refractivity contribution in [2.45, 2.75) is 58.0 Å². The van der Waals surface area contributed by atoms with Crippen molar-refractivity contribution in [1.29, 1.82) is 0 Å². The standard InChI is InChI=1S/C15H26O3/c1-12(2)15(16)18-10-5-4-7-13-8-6-9-14(11-13)17-3/h13-14H,1,4-11H2,2-3H3. The van der Waals surface area contributed by atoms with E-state index in [2.05, 4.69) is 6.58 Å². The largest absolute Gasteiger partial charge is 0.462 e. The fraction of sp³-hybridized carbons (Fsp3) is 0.800. The van der Waals surface area contributed by atoms with Gasteiger partial charge in [-0.05, 0) is 38.5 Å². The van der Waals surface area contributed by atoms with Crippen molar-refractivity contribution in [3.05, 3.63) is 12.2 Å². The maximum Gasteiger partial charge on any atom is 0.333 e. The lowest BCUT2D eigenvalue weighted by Gasteiger charge is -2.28. The Bertz CT molecular complexity index is 273. The predicted octanol–water partition coefficient (Wildman–Crippen LogP) is 3.48. The fourth-order valence-electron chi connectivity index (χ4n) is 2.54. The number of carbonyl (C=O) groups excluding carboxylic acids is 1. The molecule has 3 nitrogen and oxygen atoms in total. The van der Waals surface area contributed by atoms with E-state index in [-0.39, 0.29) is 5.97 Å². The Hall–Kier alpha value is -0.830. The van der Waals surface area contributed by atoms with Crippen LogP contribution in [-0.2, 0) is 14.3 Å². The third kappa shape index (κ3) is 5.67. The average molecular weight is 254 g/mol. The molecule has 0 aromatic rings. The lowest BCUT2D eigenvalue weighted by molar-refractivity contribution is -0.139. The Morgan fingerprint density at radius 2 is 2.11 bits per heavy atom. The molecule has 2 atom stereocenters. The van der Waals surface area contributed by atoms with Crippen molar-refractivity contribution in [3.8, 4) is 0 Å². The van der Waals surface area contributed by atoms with Crippen LogP contribution in [0.4, 0.5) is 0 Å². The quantitative estimate of drug-likeness (QED) is 0.396. The van der Waals surface area contributed by atoms with E-state index in [9.17, 15) is 4.79 Å². The summed E-state index contributed by atoms with van der Waals surface area (Å²) in [6.45, 7) is 5.75. The second-order valence-corrected chi connectivity index (χ2v) is 5.30. The summed E-state index contributed by atoms with van der Waals surface area (Å²) in [6.07, 6.45) is 8.79. The first-order chi connectivity index (χ1) is 8.63. The zero-order valence-electron chi connectivity index (χ0n) is 11.7. The molecular weight excluding hydrogens is 228 g/mol. The molecule has 0 N–H and O–H groups in total. The van der Waals surface area contributed by atoms with Gasteiger partial charge in [0.25, 0.3) is 0 Å². The minimum atomic E-state index is -0.271. The van der Waals surface area contributed by atoms with E-state index in [1.807, 2.05) is 7.11 Å². The molecule has 0 amide bonds. The van der Waals surface area contributed by atoms with Crippen molar-refractivity contribution in [1.82, 2.24) is 0 Å². The molecule has 1 aliphatic carbocycles. The summed E-state index contributed by atoms with van der Waals surface area (Å²) in [5, 5.41) is 0. The van der Waals surface area contributed by atoms with Crippen LogP contribution in [0.3, 0.4) is 0 Å². The summed E-state index contributed by atoms with van der Waals surface area (Å²) in [7, 11) is 1.81. The third-order valence-electron chi connectivity index (χ3n) is 3.66. The van der Waals surface area contributed by atoms with Gasteiger partial charge in [-0.3, -0.25) is 0 Å². The van der Waals surface area contributed by atoms with E-state index in [4.69, 9.17) is 9.47 Å². The van der Waals surface area contributed by atoms with Gasteiger partial charge in [-0.25, -0.2) is 4.79 Å². The van der Waals surface area contributed by atoms with Gasteiger partial charge in [0.1, 0.15) is 0 Å². The molecule has 0 aromatic heterocycles. The first-order valence-corrected chi connectivity index (χ1v) is 6.99. The Balaban J connectivity index is 2.04. The number of rotatable bonds is 7. The molecule has 0 bridgehead atoms. The van der Waals surface area contributed by atoms with Gasteiger partial charge in [0.2, 0.25) is 0 Å². The summed E-state index contributed by atoms with van der Waals surface area (Å²) in [6, 6.07) is 0. The molecule has 0 radical (unpaired) electrons. The maximum atomic E-state index is 11.2. The van der Waals surface area contributed by atoms with Crippen molar-refractivity contribution in [3.63, 3.8) is 0 Å². The number of hydrogen-bond donors (Lipinski definition) is 0. The predicted molar refractivity (Wildman–Crippen MR) is 72.4 cm³/mol. The summed E-state index contributed by atoms with van der Waals surface area (Å²) in [5.41, 5.74) is 0.477. The zero-order valence-corrected chi connectivity index (χ0v) is 11.7. The lowest BCUT2D eigenvalue weighted by Crippen LogP contribution is -2.21. The minimum absolute atomic E-state index is 0.271.